The molecule has 1 aromatic heterocycles. The first-order valence-electron chi connectivity index (χ1n) is 12.2. The molecule has 4 N–H and O–H groups in total. The van der Waals surface area contributed by atoms with Crippen molar-refractivity contribution in [3.8, 4) is 5.75 Å². The van der Waals surface area contributed by atoms with Gasteiger partial charge >= 0.3 is 17.9 Å². The van der Waals surface area contributed by atoms with Gasteiger partial charge in [-0.05, 0) is 37.6 Å². The van der Waals surface area contributed by atoms with Crippen LogP contribution in [0.25, 0.3) is 0 Å². The van der Waals surface area contributed by atoms with E-state index in [0.29, 0.717) is 12.0 Å². The molecule has 0 bridgehead atoms. The minimum Gasteiger partial charge on any atom is -0.497 e. The Hall–Kier alpha value is -3.48. The number of methoxy groups -OCH3 is 1. The molecule has 210 valence electrons. The highest BCUT2D eigenvalue weighted by molar-refractivity contribution is 5.88. The molecule has 1 saturated heterocycles. The molecule has 1 aliphatic heterocycles. The molecule has 12 nitrogen and oxygen atoms in total. The maximum absolute atomic E-state index is 10.3. The molecule has 1 fully saturated rings. The zero-order chi connectivity index (χ0) is 28.3. The van der Waals surface area contributed by atoms with Gasteiger partial charge in [-0.25, -0.2) is 4.79 Å². The van der Waals surface area contributed by atoms with Gasteiger partial charge < -0.3 is 34.4 Å². The first-order valence-corrected chi connectivity index (χ1v) is 12.2. The number of hydrogen-bond donors (Lipinski definition) is 4. The first-order chi connectivity index (χ1) is 18.0. The zero-order valence-electron chi connectivity index (χ0n) is 21.8. The number of aryl methyl sites for hydroxylation is 1. The van der Waals surface area contributed by atoms with Crippen LogP contribution in [0.15, 0.2) is 34.9 Å². The molecule has 0 radical (unpaired) electrons. The summed E-state index contributed by atoms with van der Waals surface area (Å²) < 4.78 is 16.5. The van der Waals surface area contributed by atoms with Crippen molar-refractivity contribution in [3.63, 3.8) is 0 Å². The van der Waals surface area contributed by atoms with E-state index in [4.69, 9.17) is 34.4 Å². The van der Waals surface area contributed by atoms with E-state index in [1.54, 1.807) is 7.11 Å². The number of nitrogens with zero attached hydrogens (tertiary/aromatic N) is 2. The van der Waals surface area contributed by atoms with Crippen molar-refractivity contribution < 1.29 is 48.8 Å². The number of carboxylic acids is 3. The summed E-state index contributed by atoms with van der Waals surface area (Å²) in [5.74, 6) is -2.72. The number of hydrogen-bond acceptors (Lipinski definition) is 9. The van der Waals surface area contributed by atoms with E-state index in [1.165, 1.54) is 5.56 Å². The third-order valence-corrected chi connectivity index (χ3v) is 6.11. The molecule has 38 heavy (non-hydrogen) atoms. The van der Waals surface area contributed by atoms with Gasteiger partial charge in [0.05, 0.1) is 38.9 Å². The third-order valence-electron chi connectivity index (χ3n) is 6.11. The molecular formula is C26H36N2O10. The summed E-state index contributed by atoms with van der Waals surface area (Å²) in [4.78, 5) is 33.0. The number of ether oxygens (including phenoxy) is 2. The van der Waals surface area contributed by atoms with Gasteiger partial charge in [-0.2, -0.15) is 0 Å². The first kappa shape index (κ1) is 30.7. The number of aliphatic carboxylic acids is 3. The predicted octanol–water partition coefficient (Wildman–Crippen LogP) is 2.21. The Morgan fingerprint density at radius 3 is 2.21 bits per heavy atom. The summed E-state index contributed by atoms with van der Waals surface area (Å²) in [5, 5.41) is 37.8. The van der Waals surface area contributed by atoms with Crippen molar-refractivity contribution in [1.82, 2.24) is 10.1 Å². The smallest absolute Gasteiger partial charge is 0.336 e. The Morgan fingerprint density at radius 2 is 1.74 bits per heavy atom. The fourth-order valence-corrected chi connectivity index (χ4v) is 4.29. The number of benzene rings is 1. The van der Waals surface area contributed by atoms with Crippen LogP contribution in [0.1, 0.15) is 43.2 Å². The van der Waals surface area contributed by atoms with E-state index in [1.807, 2.05) is 25.1 Å². The summed E-state index contributed by atoms with van der Waals surface area (Å²) in [6.45, 7) is 7.75. The Kier molecular flexibility index (Phi) is 11.7. The van der Waals surface area contributed by atoms with Gasteiger partial charge in [-0.15, -0.1) is 0 Å². The number of aromatic nitrogens is 1. The highest BCUT2D eigenvalue weighted by Gasteiger charge is 2.40. The van der Waals surface area contributed by atoms with Crippen LogP contribution in [0.2, 0.25) is 0 Å². The van der Waals surface area contributed by atoms with E-state index in [0.717, 1.165) is 56.3 Å². The Labute approximate surface area is 220 Å². The second kappa shape index (κ2) is 14.5. The fraction of sp³-hybridized carbons (Fsp3) is 0.538. The standard InChI is InChI=1S/C20H28N2O3.C6H8O7/c1-4-9-22(12-16-5-7-18(23-3)8-6-16)20-14-24-13-17(20)11-19-10-15(2)21-25-19;7-3(8)1-6(13,5(11)12)2-4(9)10/h5-8,10,17,20H,4,9,11-14H2,1-3H3;13H,1-2H2,(H,7,8)(H,9,10)(H,11,12)/t17-,20-;/m1./s1. The molecule has 1 aromatic carbocycles. The van der Waals surface area contributed by atoms with E-state index >= 15 is 0 Å². The van der Waals surface area contributed by atoms with Gasteiger partial charge in [-0.1, -0.05) is 24.2 Å². The van der Waals surface area contributed by atoms with Crippen LogP contribution in [0, 0.1) is 12.8 Å². The van der Waals surface area contributed by atoms with Crippen LogP contribution in [0.3, 0.4) is 0 Å². The second-order valence-corrected chi connectivity index (χ2v) is 9.30. The molecule has 0 saturated carbocycles. The van der Waals surface area contributed by atoms with Gasteiger partial charge in [0.2, 0.25) is 0 Å². The van der Waals surface area contributed by atoms with Gasteiger partial charge in [0.15, 0.2) is 5.60 Å². The summed E-state index contributed by atoms with van der Waals surface area (Å²) >= 11 is 0. The molecule has 12 heteroatoms. The molecule has 2 heterocycles. The molecule has 0 unspecified atom stereocenters. The minimum absolute atomic E-state index is 0.410. The lowest BCUT2D eigenvalue weighted by atomic mass is 9.96. The van der Waals surface area contributed by atoms with Crippen molar-refractivity contribution in [3.05, 3.63) is 47.3 Å². The van der Waals surface area contributed by atoms with Crippen LogP contribution >= 0.6 is 0 Å². The molecule has 0 aliphatic carbocycles. The zero-order valence-corrected chi connectivity index (χ0v) is 21.8. The summed E-state index contributed by atoms with van der Waals surface area (Å²) in [5.41, 5.74) is -0.498. The molecule has 0 spiro atoms. The number of rotatable bonds is 13. The average Bonchev–Trinajstić information content (AvgIpc) is 3.47. The van der Waals surface area contributed by atoms with Crippen molar-refractivity contribution in [2.45, 2.75) is 57.7 Å². The van der Waals surface area contributed by atoms with Crippen molar-refractivity contribution >= 4 is 17.9 Å². The van der Waals surface area contributed by atoms with Crippen LogP contribution in [0.4, 0.5) is 0 Å². The summed E-state index contributed by atoms with van der Waals surface area (Å²) in [6, 6.07) is 10.8. The Balaban J connectivity index is 0.000000332. The van der Waals surface area contributed by atoms with Crippen LogP contribution < -0.4 is 4.74 Å². The monoisotopic (exact) mass is 536 g/mol. The van der Waals surface area contributed by atoms with Gasteiger partial charge in [0, 0.05) is 31.0 Å². The van der Waals surface area contributed by atoms with Gasteiger partial charge in [0.25, 0.3) is 0 Å². The maximum atomic E-state index is 10.3. The molecule has 2 aromatic rings. The molecule has 1 aliphatic rings. The molecule has 0 amide bonds. The normalized spacial score (nSPS) is 17.1. The van der Waals surface area contributed by atoms with Crippen molar-refractivity contribution in [2.75, 3.05) is 26.9 Å². The fourth-order valence-electron chi connectivity index (χ4n) is 4.29. The average molecular weight is 537 g/mol. The maximum Gasteiger partial charge on any atom is 0.336 e. The largest absolute Gasteiger partial charge is 0.497 e. The predicted molar refractivity (Wildman–Crippen MR) is 134 cm³/mol. The Bertz CT molecular complexity index is 1040. The minimum atomic E-state index is -2.74. The second-order valence-electron chi connectivity index (χ2n) is 9.30. The highest BCUT2D eigenvalue weighted by atomic mass is 16.5. The van der Waals surface area contributed by atoms with E-state index < -0.39 is 36.4 Å². The van der Waals surface area contributed by atoms with Crippen molar-refractivity contribution in [1.29, 1.82) is 0 Å². The lowest BCUT2D eigenvalue weighted by molar-refractivity contribution is -0.170. The van der Waals surface area contributed by atoms with Gasteiger partial charge in [-0.3, -0.25) is 14.5 Å². The summed E-state index contributed by atoms with van der Waals surface area (Å²) in [7, 11) is 1.70. The van der Waals surface area contributed by atoms with E-state index in [2.05, 4.69) is 29.1 Å². The lowest BCUT2D eigenvalue weighted by Crippen LogP contribution is -2.42. The topological polar surface area (TPSA) is 180 Å². The van der Waals surface area contributed by atoms with Crippen LogP contribution in [-0.4, -0.2) is 86.9 Å². The van der Waals surface area contributed by atoms with Crippen LogP contribution in [0.5, 0.6) is 5.75 Å². The molecule has 2 atom stereocenters. The quantitative estimate of drug-likeness (QED) is 0.294. The Morgan fingerprint density at radius 1 is 1.11 bits per heavy atom. The lowest BCUT2D eigenvalue weighted by Gasteiger charge is -2.31. The number of aliphatic hydroxyl groups is 1. The van der Waals surface area contributed by atoms with E-state index in [9.17, 15) is 14.4 Å². The third kappa shape index (κ3) is 9.43. The molecular weight excluding hydrogens is 500 g/mol. The van der Waals surface area contributed by atoms with Crippen molar-refractivity contribution in [2.24, 2.45) is 5.92 Å². The van der Waals surface area contributed by atoms with Crippen LogP contribution in [-0.2, 0) is 32.1 Å². The SMILES string of the molecule is CCCN(Cc1ccc(OC)cc1)[C@@H]1COC[C@H]1Cc1cc(C)no1.O=C(O)CC(O)(CC(=O)O)C(=O)O. The molecule has 3 rings (SSSR count). The van der Waals surface area contributed by atoms with E-state index in [-0.39, 0.29) is 0 Å². The number of carbonyl (C=O) groups is 3. The summed E-state index contributed by atoms with van der Waals surface area (Å²) in [6.07, 6.45) is -0.279. The highest BCUT2D eigenvalue weighted by Crippen LogP contribution is 2.26. The number of carboxylic acid groups (broad SMARTS) is 3. The van der Waals surface area contributed by atoms with Gasteiger partial charge in [0.1, 0.15) is 11.5 Å².